The Morgan fingerprint density at radius 1 is 1.47 bits per heavy atom. The monoisotopic (exact) mass is 267 g/mol. The standard InChI is InChI=1S/C12H13NO2S2/c1-8-10(4-11(17-8)12(14)15)6-13-5-9-2-3-16-7-9/h2-4,7,13H,5-6H2,1H3,(H,14,15). The highest BCUT2D eigenvalue weighted by Crippen LogP contribution is 2.21. The molecule has 0 unspecified atom stereocenters. The van der Waals surface area contributed by atoms with Gasteiger partial charge < -0.3 is 10.4 Å². The van der Waals surface area contributed by atoms with Crippen LogP contribution in [0.25, 0.3) is 0 Å². The molecule has 2 aromatic rings. The van der Waals surface area contributed by atoms with Crippen LogP contribution in [0.15, 0.2) is 22.9 Å². The Hall–Kier alpha value is -1.17. The van der Waals surface area contributed by atoms with E-state index < -0.39 is 5.97 Å². The van der Waals surface area contributed by atoms with Crippen LogP contribution in [0.5, 0.6) is 0 Å². The third-order valence-electron chi connectivity index (χ3n) is 2.46. The van der Waals surface area contributed by atoms with Crippen molar-refractivity contribution in [2.75, 3.05) is 0 Å². The van der Waals surface area contributed by atoms with Gasteiger partial charge in [0.25, 0.3) is 0 Å². The van der Waals surface area contributed by atoms with Crippen molar-refractivity contribution < 1.29 is 9.90 Å². The molecule has 3 nitrogen and oxygen atoms in total. The number of aromatic carboxylic acids is 1. The molecule has 0 radical (unpaired) electrons. The van der Waals surface area contributed by atoms with E-state index in [1.165, 1.54) is 16.9 Å². The number of hydrogen-bond donors (Lipinski definition) is 2. The number of hydrogen-bond acceptors (Lipinski definition) is 4. The van der Waals surface area contributed by atoms with Gasteiger partial charge >= 0.3 is 5.97 Å². The molecule has 2 aromatic heterocycles. The first-order valence-electron chi connectivity index (χ1n) is 5.21. The molecular formula is C12H13NO2S2. The molecule has 0 bridgehead atoms. The molecule has 0 spiro atoms. The molecule has 2 N–H and O–H groups in total. The molecular weight excluding hydrogens is 254 g/mol. The van der Waals surface area contributed by atoms with Gasteiger partial charge in [0.15, 0.2) is 0 Å². The van der Waals surface area contributed by atoms with Gasteiger partial charge in [-0.25, -0.2) is 4.79 Å². The van der Waals surface area contributed by atoms with Crippen LogP contribution in [0.2, 0.25) is 0 Å². The maximum atomic E-state index is 10.8. The van der Waals surface area contributed by atoms with E-state index in [0.717, 1.165) is 17.0 Å². The molecule has 0 aromatic carbocycles. The fourth-order valence-corrected chi connectivity index (χ4v) is 3.08. The minimum absolute atomic E-state index is 0.412. The van der Waals surface area contributed by atoms with Crippen molar-refractivity contribution in [3.63, 3.8) is 0 Å². The zero-order valence-corrected chi connectivity index (χ0v) is 11.0. The lowest BCUT2D eigenvalue weighted by atomic mass is 10.2. The highest BCUT2D eigenvalue weighted by molar-refractivity contribution is 7.14. The number of nitrogens with one attached hydrogen (secondary N) is 1. The maximum Gasteiger partial charge on any atom is 0.345 e. The lowest BCUT2D eigenvalue weighted by Gasteiger charge is -2.02. The van der Waals surface area contributed by atoms with Gasteiger partial charge in [-0.2, -0.15) is 11.3 Å². The van der Waals surface area contributed by atoms with Crippen LogP contribution in [0, 0.1) is 6.92 Å². The zero-order chi connectivity index (χ0) is 12.3. The lowest BCUT2D eigenvalue weighted by molar-refractivity contribution is 0.0702. The van der Waals surface area contributed by atoms with Gasteiger partial charge in [0.1, 0.15) is 4.88 Å². The van der Waals surface area contributed by atoms with Gasteiger partial charge in [-0.1, -0.05) is 0 Å². The smallest absolute Gasteiger partial charge is 0.345 e. The number of rotatable bonds is 5. The Morgan fingerprint density at radius 3 is 2.88 bits per heavy atom. The topological polar surface area (TPSA) is 49.3 Å². The first kappa shape index (κ1) is 12.3. The highest BCUT2D eigenvalue weighted by atomic mass is 32.1. The first-order valence-corrected chi connectivity index (χ1v) is 6.97. The molecule has 2 rings (SSSR count). The van der Waals surface area contributed by atoms with E-state index in [1.54, 1.807) is 17.4 Å². The molecule has 0 saturated heterocycles. The molecule has 2 heterocycles. The predicted molar refractivity (Wildman–Crippen MR) is 70.9 cm³/mol. The Morgan fingerprint density at radius 2 is 2.29 bits per heavy atom. The van der Waals surface area contributed by atoms with Crippen molar-refractivity contribution in [3.8, 4) is 0 Å². The van der Waals surface area contributed by atoms with E-state index in [9.17, 15) is 4.79 Å². The second-order valence-electron chi connectivity index (χ2n) is 3.73. The Labute approximate surface area is 108 Å². The average Bonchev–Trinajstić information content (AvgIpc) is 2.89. The summed E-state index contributed by atoms with van der Waals surface area (Å²) in [5.41, 5.74) is 2.34. The van der Waals surface area contributed by atoms with Crippen LogP contribution in [0.3, 0.4) is 0 Å². The van der Waals surface area contributed by atoms with Crippen molar-refractivity contribution in [1.29, 1.82) is 0 Å². The van der Waals surface area contributed by atoms with Crippen LogP contribution in [0.4, 0.5) is 0 Å². The summed E-state index contributed by atoms with van der Waals surface area (Å²) < 4.78 is 0. The summed E-state index contributed by atoms with van der Waals surface area (Å²) >= 11 is 3.01. The SMILES string of the molecule is Cc1sc(C(=O)O)cc1CNCc1ccsc1. The first-order chi connectivity index (χ1) is 8.16. The third-order valence-corrected chi connectivity index (χ3v) is 4.27. The minimum atomic E-state index is -0.845. The number of thiophene rings is 2. The van der Waals surface area contributed by atoms with E-state index in [2.05, 4.69) is 22.1 Å². The van der Waals surface area contributed by atoms with E-state index >= 15 is 0 Å². The van der Waals surface area contributed by atoms with Crippen molar-refractivity contribution in [3.05, 3.63) is 43.8 Å². The van der Waals surface area contributed by atoms with Crippen LogP contribution in [-0.2, 0) is 13.1 Å². The Bertz CT molecular complexity index is 503. The summed E-state index contributed by atoms with van der Waals surface area (Å²) in [6.07, 6.45) is 0. The summed E-state index contributed by atoms with van der Waals surface area (Å²) in [4.78, 5) is 12.3. The van der Waals surface area contributed by atoms with Gasteiger partial charge in [0, 0.05) is 18.0 Å². The number of carboxylic acid groups (broad SMARTS) is 1. The summed E-state index contributed by atoms with van der Waals surface area (Å²) in [5, 5.41) is 16.4. The molecule has 0 aliphatic rings. The number of aryl methyl sites for hydroxylation is 1. The van der Waals surface area contributed by atoms with Gasteiger partial charge in [-0.15, -0.1) is 11.3 Å². The van der Waals surface area contributed by atoms with E-state index in [4.69, 9.17) is 5.11 Å². The average molecular weight is 267 g/mol. The van der Waals surface area contributed by atoms with Crippen molar-refractivity contribution in [2.24, 2.45) is 0 Å². The highest BCUT2D eigenvalue weighted by Gasteiger charge is 2.10. The van der Waals surface area contributed by atoms with Gasteiger partial charge in [-0.05, 0) is 40.9 Å². The molecule has 0 saturated carbocycles. The van der Waals surface area contributed by atoms with Crippen LogP contribution >= 0.6 is 22.7 Å². The summed E-state index contributed by atoms with van der Waals surface area (Å²) in [6.45, 7) is 3.49. The molecule has 90 valence electrons. The van der Waals surface area contributed by atoms with Crippen molar-refractivity contribution >= 4 is 28.6 Å². The van der Waals surface area contributed by atoms with Crippen LogP contribution in [-0.4, -0.2) is 11.1 Å². The summed E-state index contributed by atoms with van der Waals surface area (Å²) in [6, 6.07) is 3.84. The quantitative estimate of drug-likeness (QED) is 0.875. The zero-order valence-electron chi connectivity index (χ0n) is 9.40. The summed E-state index contributed by atoms with van der Waals surface area (Å²) in [7, 11) is 0. The lowest BCUT2D eigenvalue weighted by Crippen LogP contribution is -2.12. The predicted octanol–water partition coefficient (Wildman–Crippen LogP) is 3.11. The Balaban J connectivity index is 1.92. The molecule has 0 fully saturated rings. The van der Waals surface area contributed by atoms with Gasteiger partial charge in [0.05, 0.1) is 0 Å². The second-order valence-corrected chi connectivity index (χ2v) is 5.77. The molecule has 5 heteroatoms. The number of carboxylic acids is 1. The van der Waals surface area contributed by atoms with Crippen LogP contribution < -0.4 is 5.32 Å². The minimum Gasteiger partial charge on any atom is -0.477 e. The fourth-order valence-electron chi connectivity index (χ4n) is 1.54. The normalized spacial score (nSPS) is 10.6. The largest absolute Gasteiger partial charge is 0.477 e. The van der Waals surface area contributed by atoms with E-state index in [0.29, 0.717) is 11.4 Å². The molecule has 0 aliphatic heterocycles. The molecule has 17 heavy (non-hydrogen) atoms. The van der Waals surface area contributed by atoms with Gasteiger partial charge in [0.2, 0.25) is 0 Å². The van der Waals surface area contributed by atoms with Gasteiger partial charge in [-0.3, -0.25) is 0 Å². The molecule has 0 amide bonds. The van der Waals surface area contributed by atoms with E-state index in [1.807, 2.05) is 6.92 Å². The Kier molecular flexibility index (Phi) is 3.93. The van der Waals surface area contributed by atoms with Crippen molar-refractivity contribution in [2.45, 2.75) is 20.0 Å². The maximum absolute atomic E-state index is 10.8. The summed E-state index contributed by atoms with van der Waals surface area (Å²) in [5.74, 6) is -0.845. The van der Waals surface area contributed by atoms with Crippen molar-refractivity contribution in [1.82, 2.24) is 5.32 Å². The van der Waals surface area contributed by atoms with Crippen LogP contribution in [0.1, 0.15) is 25.7 Å². The third kappa shape index (κ3) is 3.15. The molecule has 0 atom stereocenters. The molecule has 0 aliphatic carbocycles. The second kappa shape index (κ2) is 5.44. The fraction of sp³-hybridized carbons (Fsp3) is 0.250. The van der Waals surface area contributed by atoms with E-state index in [-0.39, 0.29) is 0 Å². The number of carbonyl (C=O) groups is 1.